The molecule has 1 spiro atoms. The third-order valence-electron chi connectivity index (χ3n) is 6.49. The Balaban J connectivity index is 1.39. The molecule has 0 saturated carbocycles. The number of hydrogen-bond donors (Lipinski definition) is 1. The van der Waals surface area contributed by atoms with Crippen LogP contribution in [0.1, 0.15) is 44.2 Å². The highest BCUT2D eigenvalue weighted by Gasteiger charge is 2.55. The van der Waals surface area contributed by atoms with Gasteiger partial charge in [0.05, 0.1) is 13.1 Å². The Morgan fingerprint density at radius 2 is 1.97 bits per heavy atom. The van der Waals surface area contributed by atoms with Crippen LogP contribution in [0.2, 0.25) is 0 Å². The molecule has 0 bridgehead atoms. The number of thiophene rings is 1. The predicted octanol–water partition coefficient (Wildman–Crippen LogP) is 3.79. The molecule has 3 heterocycles. The molecule has 1 unspecified atom stereocenters. The van der Waals surface area contributed by atoms with Gasteiger partial charge in [0.1, 0.15) is 5.54 Å². The molecule has 2 aliphatic rings. The molecule has 3 aromatic rings. The Morgan fingerprint density at radius 3 is 2.74 bits per heavy atom. The van der Waals surface area contributed by atoms with Gasteiger partial charge in [0.25, 0.3) is 5.91 Å². The van der Waals surface area contributed by atoms with Crippen LogP contribution in [0.5, 0.6) is 0 Å². The normalized spacial score (nSPS) is 19.9. The number of urea groups is 1. The number of ketones is 1. The van der Waals surface area contributed by atoms with Crippen molar-refractivity contribution in [2.75, 3.05) is 6.54 Å². The molecule has 31 heavy (non-hydrogen) atoms. The van der Waals surface area contributed by atoms with Crippen LogP contribution < -0.4 is 5.32 Å². The summed E-state index contributed by atoms with van der Waals surface area (Å²) in [6.45, 7) is 4.33. The fourth-order valence-corrected chi connectivity index (χ4v) is 5.54. The third kappa shape index (κ3) is 3.03. The molecule has 3 amide bonds. The minimum atomic E-state index is -1.04. The van der Waals surface area contributed by atoms with Crippen LogP contribution in [0.15, 0.2) is 47.8 Å². The smallest absolute Gasteiger partial charge is 0.325 e. The van der Waals surface area contributed by atoms with E-state index in [0.29, 0.717) is 18.5 Å². The van der Waals surface area contributed by atoms with E-state index < -0.39 is 11.6 Å². The minimum Gasteiger partial charge on any atom is -0.343 e. The molecule has 158 valence electrons. The monoisotopic (exact) mass is 433 g/mol. The van der Waals surface area contributed by atoms with Crippen molar-refractivity contribution in [2.45, 2.75) is 38.8 Å². The van der Waals surface area contributed by atoms with Crippen molar-refractivity contribution in [1.29, 1.82) is 0 Å². The highest BCUT2D eigenvalue weighted by atomic mass is 32.1. The van der Waals surface area contributed by atoms with Crippen LogP contribution in [0, 0.1) is 13.8 Å². The van der Waals surface area contributed by atoms with Crippen LogP contribution >= 0.6 is 11.3 Å². The summed E-state index contributed by atoms with van der Waals surface area (Å²) in [6, 6.07) is 13.1. The van der Waals surface area contributed by atoms with Crippen molar-refractivity contribution in [1.82, 2.24) is 14.8 Å². The maximum Gasteiger partial charge on any atom is 0.325 e. The standard InChI is InChI=1S/C24H23N3O3S/c1-15-12-19(16(2)26(15)13-18-7-5-11-31-18)21(28)14-27-22(29)24(25-23(27)30)10-9-17-6-3-4-8-20(17)24/h3-8,11-12H,9-10,13-14H2,1-2H3,(H,25,30). The van der Waals surface area contributed by atoms with Gasteiger partial charge < -0.3 is 9.88 Å². The van der Waals surface area contributed by atoms with Gasteiger partial charge in [-0.15, -0.1) is 11.3 Å². The van der Waals surface area contributed by atoms with E-state index in [0.717, 1.165) is 33.8 Å². The van der Waals surface area contributed by atoms with E-state index in [1.54, 1.807) is 11.3 Å². The SMILES string of the molecule is Cc1cc(C(=O)CN2C(=O)NC3(CCc4ccccc43)C2=O)c(C)n1Cc1cccs1. The summed E-state index contributed by atoms with van der Waals surface area (Å²) in [5, 5.41) is 4.92. The molecule has 1 aliphatic heterocycles. The van der Waals surface area contributed by atoms with Crippen LogP contribution in [-0.2, 0) is 23.3 Å². The first-order chi connectivity index (χ1) is 14.9. The first kappa shape index (κ1) is 19.8. The summed E-state index contributed by atoms with van der Waals surface area (Å²) in [7, 11) is 0. The van der Waals surface area contributed by atoms with Crippen molar-refractivity contribution in [3.8, 4) is 0 Å². The van der Waals surface area contributed by atoms with E-state index in [-0.39, 0.29) is 18.2 Å². The number of Topliss-reactive ketones (excluding diaryl/α,β-unsaturated/α-hetero) is 1. The number of benzene rings is 1. The van der Waals surface area contributed by atoms with Crippen molar-refractivity contribution in [2.24, 2.45) is 0 Å². The molecule has 6 nitrogen and oxygen atoms in total. The lowest BCUT2D eigenvalue weighted by molar-refractivity contribution is -0.131. The van der Waals surface area contributed by atoms with Crippen LogP contribution in [0.25, 0.3) is 0 Å². The maximum absolute atomic E-state index is 13.3. The Labute approximate surface area is 184 Å². The Morgan fingerprint density at radius 1 is 1.16 bits per heavy atom. The van der Waals surface area contributed by atoms with Gasteiger partial charge in [-0.25, -0.2) is 4.79 Å². The van der Waals surface area contributed by atoms with Crippen molar-refractivity contribution >= 4 is 29.1 Å². The van der Waals surface area contributed by atoms with Gasteiger partial charge in [-0.05, 0) is 55.3 Å². The number of nitrogens with one attached hydrogen (secondary N) is 1. The third-order valence-corrected chi connectivity index (χ3v) is 7.35. The summed E-state index contributed by atoms with van der Waals surface area (Å²) in [6.07, 6.45) is 1.25. The summed E-state index contributed by atoms with van der Waals surface area (Å²) >= 11 is 1.67. The zero-order valence-corrected chi connectivity index (χ0v) is 18.3. The van der Waals surface area contributed by atoms with Crippen molar-refractivity contribution in [3.05, 3.63) is 80.8 Å². The van der Waals surface area contributed by atoms with E-state index in [4.69, 9.17) is 0 Å². The van der Waals surface area contributed by atoms with Crippen LogP contribution in [-0.4, -0.2) is 33.7 Å². The molecular formula is C24H23N3O3S. The van der Waals surface area contributed by atoms with Gasteiger partial charge in [-0.1, -0.05) is 30.3 Å². The molecule has 1 aliphatic carbocycles. The summed E-state index contributed by atoms with van der Waals surface area (Å²) in [5.74, 6) is -0.555. The maximum atomic E-state index is 13.3. The summed E-state index contributed by atoms with van der Waals surface area (Å²) < 4.78 is 2.10. The number of imide groups is 1. The van der Waals surface area contributed by atoms with Crippen LogP contribution in [0.4, 0.5) is 4.79 Å². The summed E-state index contributed by atoms with van der Waals surface area (Å²) in [5.41, 5.74) is 3.27. The average molecular weight is 434 g/mol. The largest absolute Gasteiger partial charge is 0.343 e. The van der Waals surface area contributed by atoms with Gasteiger partial charge in [0.2, 0.25) is 0 Å². The second-order valence-corrected chi connectivity index (χ2v) is 9.29. The lowest BCUT2D eigenvalue weighted by Gasteiger charge is -2.22. The molecule has 1 aromatic carbocycles. The molecule has 1 N–H and O–H groups in total. The zero-order chi connectivity index (χ0) is 21.8. The fraction of sp³-hybridized carbons (Fsp3) is 0.292. The second-order valence-electron chi connectivity index (χ2n) is 8.26. The number of amides is 3. The number of carbonyl (C=O) groups is 3. The van der Waals surface area contributed by atoms with E-state index in [2.05, 4.69) is 16.0 Å². The van der Waals surface area contributed by atoms with Gasteiger partial charge in [0, 0.05) is 21.8 Å². The van der Waals surface area contributed by atoms with E-state index in [1.165, 1.54) is 4.88 Å². The Bertz CT molecular complexity index is 1210. The summed E-state index contributed by atoms with van der Waals surface area (Å²) in [4.78, 5) is 41.5. The molecule has 7 heteroatoms. The molecular weight excluding hydrogens is 410 g/mol. The van der Waals surface area contributed by atoms with Gasteiger partial charge >= 0.3 is 6.03 Å². The average Bonchev–Trinajstić information content (AvgIpc) is 3.51. The molecule has 1 saturated heterocycles. The van der Waals surface area contributed by atoms with E-state index in [9.17, 15) is 14.4 Å². The van der Waals surface area contributed by atoms with Gasteiger partial charge in [-0.2, -0.15) is 0 Å². The molecule has 0 radical (unpaired) electrons. The molecule has 5 rings (SSSR count). The van der Waals surface area contributed by atoms with Gasteiger partial charge in [0.15, 0.2) is 5.78 Å². The number of rotatable bonds is 5. The first-order valence-electron chi connectivity index (χ1n) is 10.4. The number of aryl methyl sites for hydroxylation is 2. The molecule has 1 atom stereocenters. The topological polar surface area (TPSA) is 71.4 Å². The Hall–Kier alpha value is -3.19. The van der Waals surface area contributed by atoms with Gasteiger partial charge in [-0.3, -0.25) is 14.5 Å². The van der Waals surface area contributed by atoms with Crippen molar-refractivity contribution < 1.29 is 14.4 Å². The quantitative estimate of drug-likeness (QED) is 0.492. The van der Waals surface area contributed by atoms with E-state index >= 15 is 0 Å². The van der Waals surface area contributed by atoms with Crippen LogP contribution in [0.3, 0.4) is 0 Å². The zero-order valence-electron chi connectivity index (χ0n) is 17.5. The van der Waals surface area contributed by atoms with Crippen molar-refractivity contribution in [3.63, 3.8) is 0 Å². The van der Waals surface area contributed by atoms with E-state index in [1.807, 2.05) is 55.6 Å². The highest BCUT2D eigenvalue weighted by molar-refractivity contribution is 7.09. The number of hydrogen-bond acceptors (Lipinski definition) is 4. The molecule has 2 aromatic heterocycles. The second kappa shape index (κ2) is 7.20. The Kier molecular flexibility index (Phi) is 4.59. The first-order valence-corrected chi connectivity index (χ1v) is 11.2. The predicted molar refractivity (Wildman–Crippen MR) is 118 cm³/mol. The lowest BCUT2D eigenvalue weighted by atomic mass is 9.92. The number of fused-ring (bicyclic) bond motifs is 2. The minimum absolute atomic E-state index is 0.225. The number of carbonyl (C=O) groups excluding carboxylic acids is 3. The molecule has 1 fully saturated rings. The lowest BCUT2D eigenvalue weighted by Crippen LogP contribution is -2.42. The fourth-order valence-electron chi connectivity index (χ4n) is 4.85. The number of aromatic nitrogens is 1. The highest BCUT2D eigenvalue weighted by Crippen LogP contribution is 2.41. The number of nitrogens with zero attached hydrogens (tertiary/aromatic N) is 2.